The highest BCUT2D eigenvalue weighted by molar-refractivity contribution is 9.10. The molecule has 0 aliphatic rings. The van der Waals surface area contributed by atoms with E-state index in [0.717, 1.165) is 28.4 Å². The Balaban J connectivity index is 1.86. The van der Waals surface area contributed by atoms with Crippen LogP contribution in [0.25, 0.3) is 0 Å². The van der Waals surface area contributed by atoms with Crippen molar-refractivity contribution in [3.63, 3.8) is 0 Å². The van der Waals surface area contributed by atoms with Crippen LogP contribution in [0.1, 0.15) is 61.8 Å². The zero-order chi connectivity index (χ0) is 17.2. The second kappa shape index (κ2) is 10.3. The molecular weight excluding hydrogens is 358 g/mol. The van der Waals surface area contributed by atoms with Crippen molar-refractivity contribution in [2.75, 3.05) is 0 Å². The normalized spacial score (nSPS) is 11.6. The predicted octanol–water partition coefficient (Wildman–Crippen LogP) is 6.34. The van der Waals surface area contributed by atoms with E-state index in [-0.39, 0.29) is 6.04 Å². The summed E-state index contributed by atoms with van der Waals surface area (Å²) in [6, 6.07) is 16.1. The van der Waals surface area contributed by atoms with Gasteiger partial charge in [0.1, 0.15) is 0 Å². The molecule has 2 aromatic carbocycles. The average Bonchev–Trinajstić information content (AvgIpc) is 2.60. The van der Waals surface area contributed by atoms with Crippen molar-refractivity contribution in [2.45, 2.75) is 51.5 Å². The van der Waals surface area contributed by atoms with E-state index in [9.17, 15) is 0 Å². The lowest BCUT2D eigenvalue weighted by atomic mass is 9.99. The van der Waals surface area contributed by atoms with E-state index in [0.29, 0.717) is 0 Å². The highest BCUT2D eigenvalue weighted by Gasteiger charge is 2.07. The molecule has 0 heterocycles. The monoisotopic (exact) mass is 382 g/mol. The van der Waals surface area contributed by atoms with Gasteiger partial charge in [0.25, 0.3) is 0 Å². The third-order valence-electron chi connectivity index (χ3n) is 4.05. The van der Waals surface area contributed by atoms with Crippen LogP contribution >= 0.6 is 15.9 Å². The van der Waals surface area contributed by atoms with E-state index in [1.165, 1.54) is 31.2 Å². The van der Waals surface area contributed by atoms with Gasteiger partial charge in [-0.05, 0) is 48.2 Å². The molecule has 0 saturated carbocycles. The van der Waals surface area contributed by atoms with E-state index in [4.69, 9.17) is 5.73 Å². The fraction of sp³-hybridized carbons (Fsp3) is 0.364. The Morgan fingerprint density at radius 3 is 2.33 bits per heavy atom. The summed E-state index contributed by atoms with van der Waals surface area (Å²) in [7, 11) is 0. The van der Waals surface area contributed by atoms with Crippen molar-refractivity contribution in [3.05, 3.63) is 69.7 Å². The molecule has 0 spiro atoms. The Morgan fingerprint density at radius 1 is 0.958 bits per heavy atom. The number of nitrogens with one attached hydrogen (secondary N) is 1. The minimum Gasteiger partial charge on any atom is -0.249 e. The number of benzene rings is 2. The summed E-state index contributed by atoms with van der Waals surface area (Å²) >= 11 is 3.44. The van der Waals surface area contributed by atoms with Gasteiger partial charge in [0, 0.05) is 16.5 Å². The van der Waals surface area contributed by atoms with Gasteiger partial charge in [-0.2, -0.15) is 0 Å². The first kappa shape index (κ1) is 18.8. The molecule has 1 N–H and O–H groups in total. The first-order valence-electron chi connectivity index (χ1n) is 8.73. The fourth-order valence-corrected chi connectivity index (χ4v) is 2.84. The molecule has 24 heavy (non-hydrogen) atoms. The minimum absolute atomic E-state index is 0.234. The number of hydrogen-bond acceptors (Lipinski definition) is 0. The average molecular weight is 383 g/mol. The van der Waals surface area contributed by atoms with Crippen LogP contribution in [0.15, 0.2) is 53.0 Å². The quantitative estimate of drug-likeness (QED) is 0.394. The first-order chi connectivity index (χ1) is 11.7. The van der Waals surface area contributed by atoms with Gasteiger partial charge in [0.05, 0.1) is 6.04 Å². The van der Waals surface area contributed by atoms with Crippen molar-refractivity contribution < 1.29 is 0 Å². The van der Waals surface area contributed by atoms with Gasteiger partial charge in [0.15, 0.2) is 0 Å². The third-order valence-corrected chi connectivity index (χ3v) is 4.58. The Kier molecular flexibility index (Phi) is 8.08. The number of unbranched alkanes of at least 4 members (excludes halogenated alkanes) is 4. The Morgan fingerprint density at radius 2 is 1.67 bits per heavy atom. The van der Waals surface area contributed by atoms with Gasteiger partial charge in [0.2, 0.25) is 0 Å². The SMILES string of the molecule is CCCCCCC#Cc1ccc(C([NH])Cc2ccc(Br)cc2)cc1. The molecule has 1 radical (unpaired) electrons. The van der Waals surface area contributed by atoms with Crippen molar-refractivity contribution in [1.29, 1.82) is 0 Å². The highest BCUT2D eigenvalue weighted by Crippen LogP contribution is 2.19. The molecule has 0 bridgehead atoms. The number of halogens is 1. The standard InChI is InChI=1S/C22H25BrN/c1-2-3-4-5-6-7-8-18-9-13-20(14-10-18)22(24)17-19-11-15-21(23)16-12-19/h9-16,22,24H,2-6,17H2,1H3. The molecule has 0 fully saturated rings. The van der Waals surface area contributed by atoms with Crippen molar-refractivity contribution in [1.82, 2.24) is 5.73 Å². The zero-order valence-electron chi connectivity index (χ0n) is 14.3. The molecule has 0 aliphatic carbocycles. The van der Waals surface area contributed by atoms with Crippen molar-refractivity contribution in [2.24, 2.45) is 0 Å². The van der Waals surface area contributed by atoms with Crippen LogP contribution in [-0.2, 0) is 6.42 Å². The molecule has 125 valence electrons. The van der Waals surface area contributed by atoms with Crippen LogP contribution in [0.3, 0.4) is 0 Å². The smallest absolute Gasteiger partial charge is 0.0502 e. The molecule has 1 unspecified atom stereocenters. The highest BCUT2D eigenvalue weighted by atomic mass is 79.9. The largest absolute Gasteiger partial charge is 0.249 e. The Hall–Kier alpha value is -1.56. The van der Waals surface area contributed by atoms with E-state index in [1.54, 1.807) is 0 Å². The predicted molar refractivity (Wildman–Crippen MR) is 106 cm³/mol. The molecular formula is C22H25BrN. The van der Waals surface area contributed by atoms with E-state index < -0.39 is 0 Å². The van der Waals surface area contributed by atoms with Gasteiger partial charge in [-0.1, -0.05) is 78.2 Å². The van der Waals surface area contributed by atoms with Gasteiger partial charge < -0.3 is 0 Å². The maximum absolute atomic E-state index is 8.36. The first-order valence-corrected chi connectivity index (χ1v) is 9.52. The topological polar surface area (TPSA) is 23.8 Å². The summed E-state index contributed by atoms with van der Waals surface area (Å²) in [5.74, 6) is 6.48. The van der Waals surface area contributed by atoms with E-state index in [2.05, 4.69) is 46.8 Å². The van der Waals surface area contributed by atoms with Gasteiger partial charge >= 0.3 is 0 Å². The molecule has 2 heteroatoms. The summed E-state index contributed by atoms with van der Waals surface area (Å²) in [6.07, 6.45) is 6.76. The van der Waals surface area contributed by atoms with Gasteiger partial charge in [-0.15, -0.1) is 0 Å². The molecule has 0 amide bonds. The molecule has 0 saturated heterocycles. The summed E-state index contributed by atoms with van der Waals surface area (Å²) in [5, 5.41) is 0. The summed E-state index contributed by atoms with van der Waals surface area (Å²) in [4.78, 5) is 0. The lowest BCUT2D eigenvalue weighted by Gasteiger charge is -2.11. The molecule has 2 rings (SSSR count). The minimum atomic E-state index is -0.234. The van der Waals surface area contributed by atoms with Crippen molar-refractivity contribution >= 4 is 15.9 Å². The Labute approximate surface area is 154 Å². The molecule has 2 aromatic rings. The second-order valence-electron chi connectivity index (χ2n) is 6.12. The maximum atomic E-state index is 8.36. The summed E-state index contributed by atoms with van der Waals surface area (Å²) < 4.78 is 1.07. The Bertz CT molecular complexity index is 662. The molecule has 1 atom stereocenters. The number of rotatable bonds is 7. The summed E-state index contributed by atoms with van der Waals surface area (Å²) in [6.45, 7) is 2.23. The molecule has 1 nitrogen and oxygen atoms in total. The van der Waals surface area contributed by atoms with E-state index >= 15 is 0 Å². The lowest BCUT2D eigenvalue weighted by Crippen LogP contribution is -2.03. The van der Waals surface area contributed by atoms with Gasteiger partial charge in [-0.25, -0.2) is 5.73 Å². The third kappa shape index (κ3) is 6.51. The van der Waals surface area contributed by atoms with Crippen LogP contribution < -0.4 is 5.73 Å². The number of hydrogen-bond donors (Lipinski definition) is 0. The fourth-order valence-electron chi connectivity index (χ4n) is 2.58. The summed E-state index contributed by atoms with van der Waals surface area (Å²) in [5.41, 5.74) is 11.6. The van der Waals surface area contributed by atoms with Crippen LogP contribution in [0, 0.1) is 11.8 Å². The van der Waals surface area contributed by atoms with Crippen LogP contribution in [-0.4, -0.2) is 0 Å². The van der Waals surface area contributed by atoms with Crippen LogP contribution in [0.2, 0.25) is 0 Å². The maximum Gasteiger partial charge on any atom is 0.0502 e. The van der Waals surface area contributed by atoms with E-state index in [1.807, 2.05) is 36.4 Å². The van der Waals surface area contributed by atoms with Crippen LogP contribution in [0.4, 0.5) is 0 Å². The van der Waals surface area contributed by atoms with Crippen molar-refractivity contribution in [3.8, 4) is 11.8 Å². The zero-order valence-corrected chi connectivity index (χ0v) is 15.9. The van der Waals surface area contributed by atoms with Gasteiger partial charge in [-0.3, -0.25) is 0 Å². The molecule has 0 aliphatic heterocycles. The van der Waals surface area contributed by atoms with Crippen LogP contribution in [0.5, 0.6) is 0 Å². The lowest BCUT2D eigenvalue weighted by molar-refractivity contribution is 0.679. The second-order valence-corrected chi connectivity index (χ2v) is 7.03. The molecule has 0 aromatic heterocycles.